The Kier molecular flexibility index (Phi) is 5.00. The van der Waals surface area contributed by atoms with Gasteiger partial charge in [0.1, 0.15) is 0 Å². The van der Waals surface area contributed by atoms with Crippen LogP contribution in [0.3, 0.4) is 0 Å². The van der Waals surface area contributed by atoms with Gasteiger partial charge in [-0.05, 0) is 63.9 Å². The van der Waals surface area contributed by atoms with Crippen molar-refractivity contribution in [2.75, 3.05) is 7.05 Å². The number of halogens is 2. The Balaban J connectivity index is 2.14. The molecule has 2 aromatic heterocycles. The van der Waals surface area contributed by atoms with Crippen molar-refractivity contribution in [3.63, 3.8) is 0 Å². The maximum atomic E-state index is 4.31. The third kappa shape index (κ3) is 3.23. The van der Waals surface area contributed by atoms with E-state index in [-0.39, 0.29) is 0 Å². The second kappa shape index (κ2) is 6.32. The number of aromatic nitrogens is 2. The standard InChI is InChI=1S/C12H15Br2N3S/c1-3-17-7-8(6-16-17)4-10(15-2)11-5-9(13)12(14)18-11/h5-7,10,15H,3-4H2,1-2H3. The first kappa shape index (κ1) is 14.2. The largest absolute Gasteiger partial charge is 0.312 e. The summed E-state index contributed by atoms with van der Waals surface area (Å²) in [4.78, 5) is 1.32. The summed E-state index contributed by atoms with van der Waals surface area (Å²) in [6, 6.07) is 2.49. The molecule has 2 heterocycles. The molecule has 0 fully saturated rings. The van der Waals surface area contributed by atoms with Crippen molar-refractivity contribution < 1.29 is 0 Å². The van der Waals surface area contributed by atoms with Gasteiger partial charge < -0.3 is 5.32 Å². The van der Waals surface area contributed by atoms with Gasteiger partial charge in [-0.3, -0.25) is 4.68 Å². The number of thiophene rings is 1. The summed E-state index contributed by atoms with van der Waals surface area (Å²) in [5, 5.41) is 7.68. The molecule has 0 radical (unpaired) electrons. The van der Waals surface area contributed by atoms with Crippen LogP contribution >= 0.6 is 43.2 Å². The van der Waals surface area contributed by atoms with E-state index in [1.807, 2.05) is 17.9 Å². The molecule has 0 bridgehead atoms. The highest BCUT2D eigenvalue weighted by Gasteiger charge is 2.15. The molecule has 2 rings (SSSR count). The fourth-order valence-electron chi connectivity index (χ4n) is 1.80. The first-order valence-corrected chi connectivity index (χ1v) is 8.17. The van der Waals surface area contributed by atoms with Crippen LogP contribution in [-0.4, -0.2) is 16.8 Å². The summed E-state index contributed by atoms with van der Waals surface area (Å²) in [5.74, 6) is 0. The van der Waals surface area contributed by atoms with Crippen molar-refractivity contribution in [1.82, 2.24) is 15.1 Å². The van der Waals surface area contributed by atoms with Crippen molar-refractivity contribution in [3.8, 4) is 0 Å². The van der Waals surface area contributed by atoms with E-state index in [0.29, 0.717) is 6.04 Å². The Morgan fingerprint density at radius 3 is 2.78 bits per heavy atom. The van der Waals surface area contributed by atoms with Crippen molar-refractivity contribution in [2.45, 2.75) is 25.9 Å². The highest BCUT2D eigenvalue weighted by Crippen LogP contribution is 2.36. The van der Waals surface area contributed by atoms with Gasteiger partial charge in [0.25, 0.3) is 0 Å². The molecule has 0 aliphatic carbocycles. The number of likely N-dealkylation sites (N-methyl/N-ethyl adjacent to an activating group) is 1. The minimum absolute atomic E-state index is 0.326. The van der Waals surface area contributed by atoms with E-state index < -0.39 is 0 Å². The van der Waals surface area contributed by atoms with E-state index in [2.05, 4.69) is 61.5 Å². The minimum atomic E-state index is 0.326. The number of nitrogens with zero attached hydrogens (tertiary/aromatic N) is 2. The number of aryl methyl sites for hydroxylation is 1. The summed E-state index contributed by atoms with van der Waals surface area (Å²) in [5.41, 5.74) is 1.26. The van der Waals surface area contributed by atoms with Crippen molar-refractivity contribution in [2.24, 2.45) is 0 Å². The van der Waals surface area contributed by atoms with E-state index in [4.69, 9.17) is 0 Å². The van der Waals surface area contributed by atoms with Crippen molar-refractivity contribution in [3.05, 3.63) is 37.2 Å². The topological polar surface area (TPSA) is 29.9 Å². The number of hydrogen-bond acceptors (Lipinski definition) is 3. The Bertz CT molecular complexity index is 502. The number of hydrogen-bond donors (Lipinski definition) is 1. The highest BCUT2D eigenvalue weighted by atomic mass is 79.9. The first-order valence-electron chi connectivity index (χ1n) is 5.77. The van der Waals surface area contributed by atoms with Gasteiger partial charge in [-0.15, -0.1) is 11.3 Å². The lowest BCUT2D eigenvalue weighted by molar-refractivity contribution is 0.600. The summed E-state index contributed by atoms with van der Waals surface area (Å²) >= 11 is 8.83. The molecule has 0 aliphatic heterocycles. The smallest absolute Gasteiger partial charge is 0.0843 e. The van der Waals surface area contributed by atoms with E-state index in [0.717, 1.165) is 21.2 Å². The maximum Gasteiger partial charge on any atom is 0.0843 e. The Morgan fingerprint density at radius 1 is 1.50 bits per heavy atom. The van der Waals surface area contributed by atoms with Crippen LogP contribution in [0.2, 0.25) is 0 Å². The second-order valence-corrected chi connectivity index (χ2v) is 7.28. The fourth-order valence-corrected chi connectivity index (χ4v) is 4.00. The molecular formula is C12H15Br2N3S. The zero-order valence-electron chi connectivity index (χ0n) is 10.3. The summed E-state index contributed by atoms with van der Waals surface area (Å²) < 4.78 is 4.22. The molecule has 0 amide bonds. The SMILES string of the molecule is CCn1cc(CC(NC)c2cc(Br)c(Br)s2)cn1. The van der Waals surface area contributed by atoms with Gasteiger partial charge in [0.15, 0.2) is 0 Å². The van der Waals surface area contributed by atoms with Crippen LogP contribution < -0.4 is 5.32 Å². The van der Waals surface area contributed by atoms with Crippen LogP contribution in [0.5, 0.6) is 0 Å². The molecule has 1 atom stereocenters. The number of rotatable bonds is 5. The summed E-state index contributed by atoms with van der Waals surface area (Å²) in [6.07, 6.45) is 5.02. The molecule has 0 saturated heterocycles. The van der Waals surface area contributed by atoms with Gasteiger partial charge in [0, 0.05) is 28.1 Å². The van der Waals surface area contributed by atoms with Gasteiger partial charge in [-0.2, -0.15) is 5.10 Å². The molecule has 0 saturated carbocycles. The summed E-state index contributed by atoms with van der Waals surface area (Å²) in [7, 11) is 2.00. The molecular weight excluding hydrogens is 378 g/mol. The minimum Gasteiger partial charge on any atom is -0.312 e. The third-order valence-corrected chi connectivity index (χ3v) is 6.18. The molecule has 1 unspecified atom stereocenters. The van der Waals surface area contributed by atoms with Crippen LogP contribution in [0.1, 0.15) is 23.4 Å². The monoisotopic (exact) mass is 391 g/mol. The molecule has 98 valence electrons. The molecule has 2 aromatic rings. The summed E-state index contributed by atoms with van der Waals surface area (Å²) in [6.45, 7) is 3.01. The average molecular weight is 393 g/mol. The zero-order valence-corrected chi connectivity index (χ0v) is 14.3. The normalized spacial score (nSPS) is 12.9. The molecule has 18 heavy (non-hydrogen) atoms. The van der Waals surface area contributed by atoms with Gasteiger partial charge >= 0.3 is 0 Å². The number of nitrogens with one attached hydrogen (secondary N) is 1. The predicted octanol–water partition coefficient (Wildman–Crippen LogP) is 3.99. The van der Waals surface area contributed by atoms with Crippen LogP contribution in [0.25, 0.3) is 0 Å². The third-order valence-electron chi connectivity index (χ3n) is 2.81. The van der Waals surface area contributed by atoms with E-state index in [9.17, 15) is 0 Å². The second-order valence-electron chi connectivity index (χ2n) is 4.02. The molecule has 0 aromatic carbocycles. The van der Waals surface area contributed by atoms with Crippen molar-refractivity contribution >= 4 is 43.2 Å². The molecule has 0 spiro atoms. The van der Waals surface area contributed by atoms with Gasteiger partial charge in [-0.25, -0.2) is 0 Å². The molecule has 1 N–H and O–H groups in total. The van der Waals surface area contributed by atoms with Gasteiger partial charge in [0.2, 0.25) is 0 Å². The van der Waals surface area contributed by atoms with Crippen molar-refractivity contribution in [1.29, 1.82) is 0 Å². The van der Waals surface area contributed by atoms with E-state index in [1.165, 1.54) is 10.4 Å². The molecule has 3 nitrogen and oxygen atoms in total. The van der Waals surface area contributed by atoms with Gasteiger partial charge in [-0.1, -0.05) is 0 Å². The van der Waals surface area contributed by atoms with E-state index in [1.54, 1.807) is 11.3 Å². The quantitative estimate of drug-likeness (QED) is 0.833. The van der Waals surface area contributed by atoms with Gasteiger partial charge in [0.05, 0.1) is 9.98 Å². The Hall–Kier alpha value is -0.170. The van der Waals surface area contributed by atoms with Crippen LogP contribution in [0, 0.1) is 0 Å². The fraction of sp³-hybridized carbons (Fsp3) is 0.417. The Morgan fingerprint density at radius 2 is 2.28 bits per heavy atom. The molecule has 6 heteroatoms. The first-order chi connectivity index (χ1) is 8.63. The van der Waals surface area contributed by atoms with Crippen LogP contribution in [0.4, 0.5) is 0 Å². The average Bonchev–Trinajstić information content (AvgIpc) is 2.94. The van der Waals surface area contributed by atoms with Crippen LogP contribution in [-0.2, 0) is 13.0 Å². The predicted molar refractivity (Wildman–Crippen MR) is 83.1 cm³/mol. The highest BCUT2D eigenvalue weighted by molar-refractivity contribution is 9.13. The lowest BCUT2D eigenvalue weighted by Crippen LogP contribution is -2.17. The maximum absolute atomic E-state index is 4.31. The van der Waals surface area contributed by atoms with Crippen LogP contribution in [0.15, 0.2) is 26.7 Å². The lowest BCUT2D eigenvalue weighted by atomic mass is 10.1. The Labute approximate surface area is 128 Å². The lowest BCUT2D eigenvalue weighted by Gasteiger charge is -2.12. The molecule has 0 aliphatic rings. The van der Waals surface area contributed by atoms with E-state index >= 15 is 0 Å². The zero-order chi connectivity index (χ0) is 13.1.